The number of carbonyl (C=O) groups is 1. The third kappa shape index (κ3) is 18.6. The fourth-order valence-corrected chi connectivity index (χ4v) is 0.535. The van der Waals surface area contributed by atoms with Gasteiger partial charge in [0, 0.05) is 34.2 Å². The molecule has 6 heteroatoms. The number of guanidine groups is 1. The summed E-state index contributed by atoms with van der Waals surface area (Å²) in [6.07, 6.45) is 0. The van der Waals surface area contributed by atoms with Gasteiger partial charge in [0.15, 0.2) is 5.96 Å². The summed E-state index contributed by atoms with van der Waals surface area (Å²) in [5.74, 6) is -0.190. The van der Waals surface area contributed by atoms with Crippen LogP contribution in [0.3, 0.4) is 0 Å². The number of carbonyl (C=O) groups excluding carboxylic acids is 1. The Hall–Kier alpha value is -0.260. The van der Waals surface area contributed by atoms with Crippen molar-refractivity contribution >= 4 is 11.9 Å². The van der Waals surface area contributed by atoms with Crippen molar-refractivity contribution in [3.8, 4) is 0 Å². The van der Waals surface area contributed by atoms with Crippen LogP contribution in [0.5, 0.6) is 0 Å². The largest absolute Gasteiger partial charge is 1.00 e. The van der Waals surface area contributed by atoms with Crippen molar-refractivity contribution < 1.29 is 39.5 Å². The van der Waals surface area contributed by atoms with Crippen molar-refractivity contribution in [3.05, 3.63) is 0 Å². The minimum Gasteiger partial charge on any atom is -0.550 e. The topological polar surface area (TPSA) is 67.8 Å². The van der Waals surface area contributed by atoms with E-state index in [0.717, 1.165) is 12.9 Å². The van der Waals surface area contributed by atoms with E-state index in [-0.39, 0.29) is 29.6 Å². The molecule has 0 aliphatic carbocycles. The van der Waals surface area contributed by atoms with E-state index in [9.17, 15) is 0 Å². The molecule has 13 heavy (non-hydrogen) atoms. The molecule has 0 rings (SSSR count). The molecule has 5 nitrogen and oxygen atoms in total. The molecular formula is C7H16N3NaO2. The standard InChI is InChI=1S/C5H13N3.C2H4O2.Na/c1-6-5(7-2)8(3)4;1-2(3)4;/h1-4H3,(H,6,7);1H3,(H,3,4);/q;;+1/p-1. The van der Waals surface area contributed by atoms with Crippen LogP contribution in [0.4, 0.5) is 0 Å². The van der Waals surface area contributed by atoms with Crippen LogP contribution in [-0.2, 0) is 4.79 Å². The molecule has 0 radical (unpaired) electrons. The van der Waals surface area contributed by atoms with E-state index >= 15 is 0 Å². The molecule has 0 aliphatic rings. The monoisotopic (exact) mass is 197 g/mol. The van der Waals surface area contributed by atoms with Gasteiger partial charge in [0.1, 0.15) is 0 Å². The first kappa shape index (κ1) is 18.5. The Morgan fingerprint density at radius 1 is 1.46 bits per heavy atom. The first-order chi connectivity index (χ1) is 5.45. The van der Waals surface area contributed by atoms with E-state index in [2.05, 4.69) is 10.3 Å². The van der Waals surface area contributed by atoms with Gasteiger partial charge >= 0.3 is 29.6 Å². The molecule has 0 saturated heterocycles. The van der Waals surface area contributed by atoms with Crippen molar-refractivity contribution in [2.24, 2.45) is 4.99 Å². The average molecular weight is 197 g/mol. The molecule has 0 unspecified atom stereocenters. The smallest absolute Gasteiger partial charge is 0.550 e. The summed E-state index contributed by atoms with van der Waals surface area (Å²) in [4.78, 5) is 14.7. The second kappa shape index (κ2) is 11.7. The van der Waals surface area contributed by atoms with Crippen molar-refractivity contribution in [1.82, 2.24) is 10.2 Å². The van der Waals surface area contributed by atoms with Gasteiger partial charge in [-0.05, 0) is 6.92 Å². The maximum atomic E-state index is 8.89. The van der Waals surface area contributed by atoms with Crippen LogP contribution < -0.4 is 40.0 Å². The van der Waals surface area contributed by atoms with E-state index in [0.29, 0.717) is 0 Å². The van der Waals surface area contributed by atoms with E-state index in [1.165, 1.54) is 0 Å². The van der Waals surface area contributed by atoms with Crippen molar-refractivity contribution in [1.29, 1.82) is 0 Å². The molecule has 0 aromatic rings. The Morgan fingerprint density at radius 2 is 1.77 bits per heavy atom. The number of rotatable bonds is 0. The van der Waals surface area contributed by atoms with E-state index in [4.69, 9.17) is 9.90 Å². The Labute approximate surface area is 102 Å². The summed E-state index contributed by atoms with van der Waals surface area (Å²) >= 11 is 0. The van der Waals surface area contributed by atoms with E-state index < -0.39 is 5.97 Å². The predicted molar refractivity (Wildman–Crippen MR) is 46.8 cm³/mol. The fraction of sp³-hybridized carbons (Fsp3) is 0.714. The molecule has 0 aromatic heterocycles. The molecule has 0 bridgehead atoms. The van der Waals surface area contributed by atoms with Gasteiger partial charge in [0.05, 0.1) is 0 Å². The van der Waals surface area contributed by atoms with Crippen molar-refractivity contribution in [3.63, 3.8) is 0 Å². The number of carboxylic acids is 1. The number of aliphatic imine (C=N–C) groups is 1. The zero-order chi connectivity index (χ0) is 10.1. The van der Waals surface area contributed by atoms with Crippen LogP contribution in [0.2, 0.25) is 0 Å². The molecule has 0 saturated carbocycles. The number of nitrogens with one attached hydrogen (secondary N) is 1. The number of carboxylic acid groups (broad SMARTS) is 1. The molecule has 1 N–H and O–H groups in total. The Balaban J connectivity index is -0.000000173. The van der Waals surface area contributed by atoms with Crippen LogP contribution >= 0.6 is 0 Å². The third-order valence-corrected chi connectivity index (χ3v) is 0.859. The molecule has 72 valence electrons. The maximum absolute atomic E-state index is 8.89. The second-order valence-corrected chi connectivity index (χ2v) is 2.18. The second-order valence-electron chi connectivity index (χ2n) is 2.18. The van der Waals surface area contributed by atoms with Gasteiger partial charge in [-0.1, -0.05) is 0 Å². The van der Waals surface area contributed by atoms with Crippen molar-refractivity contribution in [2.45, 2.75) is 6.92 Å². The summed E-state index contributed by atoms with van der Waals surface area (Å²) < 4.78 is 0. The zero-order valence-electron chi connectivity index (χ0n) is 9.21. The summed E-state index contributed by atoms with van der Waals surface area (Å²) in [5.41, 5.74) is 0. The Kier molecular flexibility index (Phi) is 16.7. The van der Waals surface area contributed by atoms with E-state index in [1.54, 1.807) is 7.05 Å². The van der Waals surface area contributed by atoms with Gasteiger partial charge < -0.3 is 20.1 Å². The normalized spacial score (nSPS) is 8.85. The van der Waals surface area contributed by atoms with Crippen LogP contribution in [0.25, 0.3) is 0 Å². The predicted octanol–water partition coefficient (Wildman–Crippen LogP) is -4.49. The molecule has 0 aliphatic heterocycles. The molecular weight excluding hydrogens is 181 g/mol. The summed E-state index contributed by atoms with van der Waals surface area (Å²) in [6, 6.07) is 0. The number of hydrogen-bond donors (Lipinski definition) is 1. The third-order valence-electron chi connectivity index (χ3n) is 0.859. The molecule has 0 amide bonds. The van der Waals surface area contributed by atoms with Gasteiger partial charge in [-0.15, -0.1) is 0 Å². The first-order valence-electron chi connectivity index (χ1n) is 3.45. The first-order valence-corrected chi connectivity index (χ1v) is 3.45. The summed E-state index contributed by atoms with van der Waals surface area (Å²) in [5, 5.41) is 11.8. The Morgan fingerprint density at radius 3 is 1.77 bits per heavy atom. The molecule has 0 aromatic carbocycles. The van der Waals surface area contributed by atoms with Gasteiger partial charge in [-0.25, -0.2) is 0 Å². The number of nitrogens with zero attached hydrogens (tertiary/aromatic N) is 2. The fourth-order valence-electron chi connectivity index (χ4n) is 0.535. The van der Waals surface area contributed by atoms with Crippen LogP contribution in [0, 0.1) is 0 Å². The van der Waals surface area contributed by atoms with Gasteiger partial charge in [-0.2, -0.15) is 0 Å². The number of hydrogen-bond acceptors (Lipinski definition) is 3. The molecule has 0 atom stereocenters. The van der Waals surface area contributed by atoms with Gasteiger partial charge in [0.2, 0.25) is 0 Å². The molecule has 0 spiro atoms. The summed E-state index contributed by atoms with van der Waals surface area (Å²) in [6.45, 7) is 0.972. The molecule has 0 heterocycles. The average Bonchev–Trinajstić information content (AvgIpc) is 1.87. The van der Waals surface area contributed by atoms with Gasteiger partial charge in [-0.3, -0.25) is 4.99 Å². The van der Waals surface area contributed by atoms with Gasteiger partial charge in [0.25, 0.3) is 0 Å². The Bertz CT molecular complexity index is 156. The van der Waals surface area contributed by atoms with Crippen LogP contribution in [0.15, 0.2) is 4.99 Å². The van der Waals surface area contributed by atoms with Crippen LogP contribution in [-0.4, -0.2) is 45.0 Å². The molecule has 0 fully saturated rings. The zero-order valence-corrected chi connectivity index (χ0v) is 11.2. The maximum Gasteiger partial charge on any atom is 1.00 e. The SMILES string of the molecule is CC(=O)[O-].CN=C(NC)N(C)C.[Na+]. The quantitative estimate of drug-likeness (QED) is 0.241. The summed E-state index contributed by atoms with van der Waals surface area (Å²) in [7, 11) is 7.49. The van der Waals surface area contributed by atoms with Crippen LogP contribution in [0.1, 0.15) is 6.92 Å². The minimum atomic E-state index is -1.08. The number of aliphatic carboxylic acids is 1. The minimum absolute atomic E-state index is 0. The van der Waals surface area contributed by atoms with Crippen molar-refractivity contribution in [2.75, 3.05) is 28.2 Å². The van der Waals surface area contributed by atoms with E-state index in [1.807, 2.05) is 26.0 Å².